The summed E-state index contributed by atoms with van der Waals surface area (Å²) in [7, 11) is -2.66. The van der Waals surface area contributed by atoms with Crippen LogP contribution in [0.4, 0.5) is 18.9 Å². The van der Waals surface area contributed by atoms with Crippen LogP contribution in [0.2, 0.25) is 0 Å². The highest BCUT2D eigenvalue weighted by Crippen LogP contribution is 2.51. The van der Waals surface area contributed by atoms with Gasteiger partial charge in [0.15, 0.2) is 30.9 Å². The Kier molecular flexibility index (Phi) is 12.5. The van der Waals surface area contributed by atoms with E-state index >= 15 is 0 Å². The number of thiophene rings is 1. The smallest absolute Gasteiger partial charge is 0.432 e. The Labute approximate surface area is 405 Å². The van der Waals surface area contributed by atoms with Gasteiger partial charge >= 0.3 is 6.18 Å². The van der Waals surface area contributed by atoms with Crippen molar-refractivity contribution in [3.63, 3.8) is 0 Å². The molecule has 0 amide bonds. The number of rotatable bonds is 10. The molecule has 7 nitrogen and oxygen atoms in total. The number of hydrogen-bond acceptors (Lipinski definition) is 8. The third kappa shape index (κ3) is 8.33. The summed E-state index contributed by atoms with van der Waals surface area (Å²) in [6.07, 6.45) is 3.42. The molecular formula is C57H47F3N4O3SSi. The Morgan fingerprint density at radius 2 is 1.25 bits per heavy atom. The number of nitriles is 3. The van der Waals surface area contributed by atoms with Crippen LogP contribution < -0.4 is 35.1 Å². The zero-order valence-corrected chi connectivity index (χ0v) is 40.3. The minimum Gasteiger partial charge on any atom is -0.485 e. The number of fused-ring (bicyclic) bond motifs is 2. The highest BCUT2D eigenvalue weighted by atomic mass is 32.1. The van der Waals surface area contributed by atoms with E-state index in [2.05, 4.69) is 153 Å². The van der Waals surface area contributed by atoms with E-state index in [9.17, 15) is 29.0 Å². The molecule has 0 radical (unpaired) electrons. The predicted octanol–water partition coefficient (Wildman–Crippen LogP) is 10.6. The van der Waals surface area contributed by atoms with Crippen molar-refractivity contribution in [2.45, 2.75) is 64.4 Å². The van der Waals surface area contributed by atoms with Crippen molar-refractivity contribution in [1.82, 2.24) is 0 Å². The molecule has 0 fully saturated rings. The molecule has 1 aromatic heterocycles. The highest BCUT2D eigenvalue weighted by molar-refractivity contribution is 7.19. The molecule has 69 heavy (non-hydrogen) atoms. The predicted molar refractivity (Wildman–Crippen MR) is 270 cm³/mol. The summed E-state index contributed by atoms with van der Waals surface area (Å²) in [6.45, 7) is 8.76. The first kappa shape index (κ1) is 46.5. The van der Waals surface area contributed by atoms with Gasteiger partial charge in [-0.3, -0.25) is 0 Å². The summed E-state index contributed by atoms with van der Waals surface area (Å²) in [6, 6.07) is 51.4. The molecule has 4 heterocycles. The lowest BCUT2D eigenvalue weighted by Gasteiger charge is -2.46. The zero-order valence-electron chi connectivity index (χ0n) is 38.5. The lowest BCUT2D eigenvalue weighted by molar-refractivity contribution is -0.236. The Morgan fingerprint density at radius 1 is 0.725 bits per heavy atom. The van der Waals surface area contributed by atoms with Crippen LogP contribution in [-0.4, -0.2) is 38.6 Å². The van der Waals surface area contributed by atoms with E-state index in [1.807, 2.05) is 12.2 Å². The highest BCUT2D eigenvalue weighted by Gasteiger charge is 2.61. The van der Waals surface area contributed by atoms with E-state index in [-0.39, 0.29) is 12.1 Å². The van der Waals surface area contributed by atoms with Crippen molar-refractivity contribution in [1.29, 1.82) is 15.8 Å². The number of hydrogen-bond donors (Lipinski definition) is 0. The average molecular weight is 953 g/mol. The number of alkyl halides is 3. The van der Waals surface area contributed by atoms with E-state index < -0.39 is 42.3 Å². The molecule has 0 N–H and O–H groups in total. The second kappa shape index (κ2) is 18.5. The number of anilines is 1. The Balaban J connectivity index is 1.02. The van der Waals surface area contributed by atoms with Crippen molar-refractivity contribution < 1.29 is 27.4 Å². The number of benzene rings is 5. The molecule has 6 aromatic rings. The van der Waals surface area contributed by atoms with Gasteiger partial charge < -0.3 is 19.1 Å². The second-order valence-corrected chi connectivity index (χ2v) is 23.0. The molecule has 12 heteroatoms. The summed E-state index contributed by atoms with van der Waals surface area (Å²) in [5, 5.41) is 34.1. The first-order chi connectivity index (χ1) is 33.2. The lowest BCUT2D eigenvalue weighted by atomic mass is 9.85. The van der Waals surface area contributed by atoms with Crippen LogP contribution in [0.3, 0.4) is 0 Å². The van der Waals surface area contributed by atoms with Crippen molar-refractivity contribution in [3.05, 3.63) is 188 Å². The first-order valence-corrected chi connectivity index (χ1v) is 25.5. The van der Waals surface area contributed by atoms with Gasteiger partial charge in [0.05, 0.1) is 9.75 Å². The van der Waals surface area contributed by atoms with Gasteiger partial charge in [-0.05, 0) is 108 Å². The molecule has 0 spiro atoms. The van der Waals surface area contributed by atoms with Crippen LogP contribution in [0.15, 0.2) is 156 Å². The van der Waals surface area contributed by atoms with E-state index in [1.54, 1.807) is 18.2 Å². The first-order valence-electron chi connectivity index (χ1n) is 22.6. The molecule has 0 saturated heterocycles. The van der Waals surface area contributed by atoms with Gasteiger partial charge in [-0.2, -0.15) is 29.0 Å². The average Bonchev–Trinajstić information content (AvgIpc) is 3.87. The van der Waals surface area contributed by atoms with Gasteiger partial charge in [-0.15, -0.1) is 11.3 Å². The van der Waals surface area contributed by atoms with Crippen molar-refractivity contribution in [3.8, 4) is 29.7 Å². The maximum atomic E-state index is 14.6. The van der Waals surface area contributed by atoms with Crippen molar-refractivity contribution in [2.75, 3.05) is 18.1 Å². The quantitative estimate of drug-likeness (QED) is 0.0766. The lowest BCUT2D eigenvalue weighted by Crippen LogP contribution is -2.74. The van der Waals surface area contributed by atoms with E-state index in [1.165, 1.54) is 55.0 Å². The Bertz CT molecular complexity index is 3080. The summed E-state index contributed by atoms with van der Waals surface area (Å²) in [5.41, 5.74) is 0.891. The van der Waals surface area contributed by atoms with Gasteiger partial charge in [0.2, 0.25) is 5.60 Å². The SMILES string of the molecule is Cc1cc2c(cc1/C=C/c1sc(/C=C/C3=C(C#N)C(=C(C#N)C#N)OC3(C)C(F)(F)F)c3c1OCCO3)CCC(C)(C)N2Cc1ccc([Si](c2ccccc2)(c2ccccc2)c2ccccc2)cc1. The normalized spacial score (nSPS) is 17.6. The molecule has 5 aromatic carbocycles. The van der Waals surface area contributed by atoms with Crippen molar-refractivity contribution in [2.24, 2.45) is 0 Å². The molecule has 344 valence electrons. The standard InChI is InChI=1S/C57H47F3N4O3SSi/c1-38-32-49-41(33-40(38)22-26-50-53-54(66-31-30-65-53)51(68-50)27-25-48-47(36-63)52(42(34-61)35-62)67-56(48,4)57(58,59)60)28-29-55(2,3)64(49)37-39-20-23-46(24-21-39)69(43-14-8-5-9-15-43,44-16-10-6-11-17-44)45-18-12-7-13-19-45/h5-27,32-33H,28-31,37H2,1-4H3/b26-22+,27-25+. The van der Waals surface area contributed by atoms with Crippen molar-refractivity contribution >= 4 is 64.1 Å². The fourth-order valence-corrected chi connectivity index (χ4v) is 15.5. The van der Waals surface area contributed by atoms with E-state index in [0.717, 1.165) is 43.5 Å². The molecule has 1 atom stereocenters. The zero-order chi connectivity index (χ0) is 48.6. The van der Waals surface area contributed by atoms with E-state index in [0.29, 0.717) is 27.9 Å². The third-order valence-electron chi connectivity index (χ3n) is 13.5. The number of ether oxygens (including phenoxy) is 3. The fourth-order valence-electron chi connectivity index (χ4n) is 9.77. The van der Waals surface area contributed by atoms with Crippen LogP contribution in [0.25, 0.3) is 18.2 Å². The second-order valence-electron chi connectivity index (χ2n) is 18.1. The van der Waals surface area contributed by atoms with Gasteiger partial charge in [-0.1, -0.05) is 127 Å². The summed E-state index contributed by atoms with van der Waals surface area (Å²) in [5.74, 6) is 0.149. The third-order valence-corrected chi connectivity index (χ3v) is 19.4. The number of allylic oxidation sites excluding steroid dienone is 2. The van der Waals surface area contributed by atoms with Crippen LogP contribution in [-0.2, 0) is 17.7 Å². The van der Waals surface area contributed by atoms with Gasteiger partial charge in [0, 0.05) is 23.3 Å². The molecule has 3 aliphatic heterocycles. The molecule has 3 aliphatic rings. The number of halogens is 3. The minimum absolute atomic E-state index is 0.110. The topological polar surface area (TPSA) is 102 Å². The Hall–Kier alpha value is -7.56. The maximum Gasteiger partial charge on any atom is 0.432 e. The summed E-state index contributed by atoms with van der Waals surface area (Å²) in [4.78, 5) is 3.71. The van der Waals surface area contributed by atoms with E-state index in [4.69, 9.17) is 14.2 Å². The summed E-state index contributed by atoms with van der Waals surface area (Å²) >= 11 is 1.27. The molecular weight excluding hydrogens is 906 g/mol. The van der Waals surface area contributed by atoms with Crippen LogP contribution in [0.5, 0.6) is 11.5 Å². The molecule has 0 saturated carbocycles. The largest absolute Gasteiger partial charge is 0.485 e. The van der Waals surface area contributed by atoms with Crippen LogP contribution >= 0.6 is 11.3 Å². The maximum absolute atomic E-state index is 14.6. The molecule has 9 rings (SSSR count). The van der Waals surface area contributed by atoms with Gasteiger partial charge in [0.1, 0.15) is 37.0 Å². The molecule has 0 bridgehead atoms. The number of aryl methyl sites for hydroxylation is 2. The van der Waals surface area contributed by atoms with Crippen LogP contribution in [0.1, 0.15) is 59.2 Å². The molecule has 0 aliphatic carbocycles. The number of nitrogens with zero attached hydrogens (tertiary/aromatic N) is 4. The summed E-state index contributed by atoms with van der Waals surface area (Å²) < 4.78 is 61.0. The van der Waals surface area contributed by atoms with Gasteiger partial charge in [-0.25, -0.2) is 0 Å². The fraction of sp³-hybridized carbons (Fsp3) is 0.211. The minimum atomic E-state index is -4.98. The molecule has 1 unspecified atom stereocenters. The van der Waals surface area contributed by atoms with Gasteiger partial charge in [0.25, 0.3) is 0 Å². The monoisotopic (exact) mass is 952 g/mol. The van der Waals surface area contributed by atoms with Crippen LogP contribution in [0, 0.1) is 40.9 Å². The Morgan fingerprint density at radius 3 is 1.75 bits per heavy atom.